The van der Waals surface area contributed by atoms with Gasteiger partial charge < -0.3 is 25.7 Å². The molecule has 1 aliphatic heterocycles. The maximum absolute atomic E-state index is 10.5. The molecule has 0 aliphatic carbocycles. The monoisotopic (exact) mass is 611 g/mol. The number of nitrogens with one attached hydrogen (secondary N) is 1. The highest BCUT2D eigenvalue weighted by Gasteiger charge is 2.09. The molecule has 3 aromatic rings. The van der Waals surface area contributed by atoms with Crippen molar-refractivity contribution in [3.63, 3.8) is 0 Å². The summed E-state index contributed by atoms with van der Waals surface area (Å²) in [6.45, 7) is -0.167. The summed E-state index contributed by atoms with van der Waals surface area (Å²) in [5.74, 6) is 0. The number of aliphatic hydroxyl groups is 4. The molecule has 3 aromatic heterocycles. The molecule has 212 valence electrons. The number of halogens is 3. The summed E-state index contributed by atoms with van der Waals surface area (Å²) in [4.78, 5) is 31.9. The second kappa shape index (κ2) is 18.4. The maximum atomic E-state index is 10.5. The summed E-state index contributed by atoms with van der Waals surface area (Å²) in [6, 6.07) is 6.55. The Kier molecular flexibility index (Phi) is 15.7. The highest BCUT2D eigenvalue weighted by atomic mass is 35.5. The quantitative estimate of drug-likeness (QED) is 0.0909. The number of dihydropyridines is 1. The molecule has 0 aromatic carbocycles. The number of nitrogens with zero attached hydrogens (tertiary/aromatic N) is 4. The van der Waals surface area contributed by atoms with Crippen LogP contribution in [0.5, 0.6) is 0 Å². The zero-order chi connectivity index (χ0) is 30.1. The molecule has 40 heavy (non-hydrogen) atoms. The third-order valence-electron chi connectivity index (χ3n) is 4.47. The van der Waals surface area contributed by atoms with Crippen LogP contribution in [0.25, 0.3) is 11.3 Å². The first-order valence-corrected chi connectivity index (χ1v) is 12.0. The fourth-order valence-electron chi connectivity index (χ4n) is 2.56. The summed E-state index contributed by atoms with van der Waals surface area (Å²) in [6.07, 6.45) is 10.0. The first-order valence-electron chi connectivity index (χ1n) is 10.9. The van der Waals surface area contributed by atoms with Gasteiger partial charge in [0, 0.05) is 37.3 Å². The molecule has 4 heterocycles. The average Bonchev–Trinajstić information content (AvgIpc) is 3.00. The molecule has 0 radical (unpaired) electrons. The number of hydrogen-bond donors (Lipinski definition) is 5. The molecule has 0 unspecified atom stereocenters. The molecule has 0 atom stereocenters. The summed E-state index contributed by atoms with van der Waals surface area (Å²) in [5, 5.41) is 46.7. The predicted octanol–water partition coefficient (Wildman–Crippen LogP) is 4.25. The van der Waals surface area contributed by atoms with Crippen LogP contribution in [0.1, 0.15) is 21.6 Å². The summed E-state index contributed by atoms with van der Waals surface area (Å²) in [5.41, 5.74) is 3.37. The summed E-state index contributed by atoms with van der Waals surface area (Å²) in [7, 11) is 1.00. The number of aliphatic hydroxyl groups excluding tert-OH is 4. The molecule has 0 saturated carbocycles. The fourth-order valence-corrected chi connectivity index (χ4v) is 3.15. The van der Waals surface area contributed by atoms with Gasteiger partial charge in [0.1, 0.15) is 17.1 Å². The minimum Gasteiger partial charge on any atom is -0.513 e. The number of pyridine rings is 3. The van der Waals surface area contributed by atoms with Crippen LogP contribution in [-0.2, 0) is 13.2 Å². The Morgan fingerprint density at radius 3 is 2.00 bits per heavy atom. The van der Waals surface area contributed by atoms with Gasteiger partial charge in [-0.05, 0) is 41.5 Å². The molecular weight excluding hydrogens is 589 g/mol. The van der Waals surface area contributed by atoms with Crippen LogP contribution in [0.3, 0.4) is 0 Å². The highest BCUT2D eigenvalue weighted by molar-refractivity contribution is 6.41. The van der Waals surface area contributed by atoms with Crippen molar-refractivity contribution >= 4 is 41.1 Å². The van der Waals surface area contributed by atoms with Gasteiger partial charge in [0.25, 0.3) is 5.70 Å². The summed E-state index contributed by atoms with van der Waals surface area (Å²) >= 11 is 17.1. The van der Waals surface area contributed by atoms with Crippen LogP contribution >= 0.6 is 34.8 Å². The average molecular weight is 613 g/mol. The normalized spacial score (nSPS) is 12.3. The Morgan fingerprint density at radius 2 is 1.57 bits per heavy atom. The van der Waals surface area contributed by atoms with E-state index in [-0.39, 0.29) is 24.1 Å². The largest absolute Gasteiger partial charge is 0.513 e. The number of hydrogen-bond acceptors (Lipinski definition) is 11. The topological polar surface area (TPSA) is 192 Å². The lowest BCUT2D eigenvalue weighted by molar-refractivity contribution is -0.419. The van der Waals surface area contributed by atoms with Gasteiger partial charge in [-0.2, -0.15) is 0 Å². The van der Waals surface area contributed by atoms with Gasteiger partial charge in [0.15, 0.2) is 6.29 Å². The number of carbonyl (C=O) groups excluding carboxylic acids is 1. The van der Waals surface area contributed by atoms with E-state index in [1.165, 1.54) is 30.7 Å². The Hall–Kier alpha value is -3.91. The first kappa shape index (κ1) is 34.1. The molecule has 15 heteroatoms. The molecule has 0 spiro atoms. The lowest BCUT2D eigenvalue weighted by Gasteiger charge is -2.04. The molecule has 0 amide bonds. The van der Waals surface area contributed by atoms with Crippen molar-refractivity contribution in [2.45, 2.75) is 13.2 Å². The van der Waals surface area contributed by atoms with Crippen molar-refractivity contribution in [2.75, 3.05) is 7.11 Å². The maximum Gasteiger partial charge on any atom is 0.285 e. The van der Waals surface area contributed by atoms with E-state index >= 15 is 0 Å². The van der Waals surface area contributed by atoms with Gasteiger partial charge in [-0.1, -0.05) is 34.8 Å². The van der Waals surface area contributed by atoms with Crippen molar-refractivity contribution in [1.29, 1.82) is 0 Å². The van der Waals surface area contributed by atoms with Gasteiger partial charge in [-0.3, -0.25) is 24.9 Å². The van der Waals surface area contributed by atoms with E-state index in [1.807, 2.05) is 0 Å². The molecule has 5 N–H and O–H groups in total. The third kappa shape index (κ3) is 11.1. The SMILES string of the molecule is CO.O=Cc1ccc(-c2ncc(CO)cc2Cl)cn1.O=[N+]([O-])C1=CNC(=CO)C=C1.OCc1cnc(Cl)c(Cl)c1. The van der Waals surface area contributed by atoms with Crippen molar-refractivity contribution in [1.82, 2.24) is 20.3 Å². The Balaban J connectivity index is 0.000000304. The van der Waals surface area contributed by atoms with Gasteiger partial charge in [-0.25, -0.2) is 4.98 Å². The van der Waals surface area contributed by atoms with Gasteiger partial charge >= 0.3 is 0 Å². The minimum atomic E-state index is -0.516. The second-order valence-corrected chi connectivity index (χ2v) is 8.26. The molecule has 1 aliphatic rings. The zero-order valence-electron chi connectivity index (χ0n) is 20.8. The number of aromatic nitrogens is 3. The van der Waals surface area contributed by atoms with Gasteiger partial charge in [0.2, 0.25) is 0 Å². The number of carbonyl (C=O) groups is 1. The number of aldehydes is 1. The van der Waals surface area contributed by atoms with Gasteiger partial charge in [0.05, 0.1) is 45.8 Å². The number of allylic oxidation sites excluding steroid dienone is 2. The molecule has 12 nitrogen and oxygen atoms in total. The Morgan fingerprint density at radius 1 is 0.950 bits per heavy atom. The molecule has 4 rings (SSSR count). The highest BCUT2D eigenvalue weighted by Crippen LogP contribution is 2.25. The molecular formula is C25H24Cl3N5O7. The van der Waals surface area contributed by atoms with Crippen molar-refractivity contribution < 1.29 is 30.1 Å². The fraction of sp³-hybridized carbons (Fsp3) is 0.120. The summed E-state index contributed by atoms with van der Waals surface area (Å²) < 4.78 is 0. The van der Waals surface area contributed by atoms with E-state index in [2.05, 4.69) is 20.3 Å². The lowest BCUT2D eigenvalue weighted by atomic mass is 10.1. The Bertz CT molecular complexity index is 1370. The van der Waals surface area contributed by atoms with E-state index in [1.54, 1.807) is 30.5 Å². The lowest BCUT2D eigenvalue weighted by Crippen LogP contribution is -2.11. The zero-order valence-corrected chi connectivity index (χ0v) is 23.0. The molecule has 0 bridgehead atoms. The van der Waals surface area contributed by atoms with Gasteiger partial charge in [-0.15, -0.1) is 0 Å². The van der Waals surface area contributed by atoms with Crippen molar-refractivity contribution in [3.05, 3.63) is 121 Å². The van der Waals surface area contributed by atoms with Crippen LogP contribution < -0.4 is 5.32 Å². The van der Waals surface area contributed by atoms with Crippen LogP contribution in [0.2, 0.25) is 15.2 Å². The number of nitro groups is 1. The molecule has 0 saturated heterocycles. The van der Waals surface area contributed by atoms with E-state index in [9.17, 15) is 14.9 Å². The Labute approximate surface area is 243 Å². The standard InChI is InChI=1S/C12H9ClN2O2.C6H5Cl2NO.C6H6N2O3.CH4O/c13-11-3-8(6-16)4-15-12(11)9-1-2-10(7-17)14-5-9;7-5-1-4(3-10)2-9-6(5)8;9-4-5-1-2-6(3-7-5)8(10)11;1-2/h1-5,7,16H,6H2;1-2,10H,3H2;1-4,7,9H;2H,1H3. The van der Waals surface area contributed by atoms with E-state index in [0.717, 1.165) is 18.9 Å². The first-order chi connectivity index (χ1) is 19.2. The molecule has 0 fully saturated rings. The number of rotatable bonds is 5. The predicted molar refractivity (Wildman–Crippen MR) is 150 cm³/mol. The van der Waals surface area contributed by atoms with Crippen molar-refractivity contribution in [3.8, 4) is 11.3 Å². The van der Waals surface area contributed by atoms with E-state index < -0.39 is 4.92 Å². The van der Waals surface area contributed by atoms with Crippen LogP contribution in [0.15, 0.2) is 78.9 Å². The second-order valence-electron chi connectivity index (χ2n) is 7.08. The van der Waals surface area contributed by atoms with Crippen LogP contribution in [-0.4, -0.2) is 53.7 Å². The smallest absolute Gasteiger partial charge is 0.285 e. The van der Waals surface area contributed by atoms with Crippen LogP contribution in [0, 0.1) is 10.1 Å². The van der Waals surface area contributed by atoms with E-state index in [4.69, 9.17) is 55.2 Å². The van der Waals surface area contributed by atoms with Crippen molar-refractivity contribution in [2.24, 2.45) is 0 Å². The minimum absolute atomic E-state index is 0.0319. The van der Waals surface area contributed by atoms with E-state index in [0.29, 0.717) is 44.5 Å². The van der Waals surface area contributed by atoms with Crippen LogP contribution in [0.4, 0.5) is 0 Å². The third-order valence-corrected chi connectivity index (χ3v) is 5.44.